The maximum atomic E-state index is 5.18. The van der Waals surface area contributed by atoms with E-state index in [4.69, 9.17) is 10.1 Å². The lowest BCUT2D eigenvalue weighted by Gasteiger charge is -2.36. The Kier molecular flexibility index (Phi) is 3.76. The van der Waals surface area contributed by atoms with Crippen LogP contribution in [0.2, 0.25) is 0 Å². The molecule has 0 radical (unpaired) electrons. The lowest BCUT2D eigenvalue weighted by atomic mass is 9.77. The summed E-state index contributed by atoms with van der Waals surface area (Å²) in [6, 6.07) is 13.8. The first-order chi connectivity index (χ1) is 16.4. The van der Waals surface area contributed by atoms with Crippen molar-refractivity contribution in [1.82, 2.24) is 9.61 Å². The maximum absolute atomic E-state index is 5.18. The van der Waals surface area contributed by atoms with Gasteiger partial charge >= 0.3 is 0 Å². The van der Waals surface area contributed by atoms with Crippen LogP contribution in [0.25, 0.3) is 27.2 Å². The van der Waals surface area contributed by atoms with E-state index in [1.54, 1.807) is 0 Å². The van der Waals surface area contributed by atoms with Gasteiger partial charge in [0.15, 0.2) is 0 Å². The van der Waals surface area contributed by atoms with Gasteiger partial charge in [0.1, 0.15) is 6.04 Å². The molecule has 1 aliphatic carbocycles. The lowest BCUT2D eigenvalue weighted by Crippen LogP contribution is -2.29. The predicted molar refractivity (Wildman–Crippen MR) is 142 cm³/mol. The number of hydrogen-bond acceptors (Lipinski definition) is 3. The van der Waals surface area contributed by atoms with Gasteiger partial charge in [0, 0.05) is 16.5 Å². The molecule has 0 fully saturated rings. The lowest BCUT2D eigenvalue weighted by molar-refractivity contribution is 0.610. The second-order valence-corrected chi connectivity index (χ2v) is 10.3. The Labute approximate surface area is 199 Å². The molecule has 2 unspecified atom stereocenters. The molecule has 4 nitrogen and oxygen atoms in total. The van der Waals surface area contributed by atoms with E-state index in [-0.39, 0.29) is 12.1 Å². The summed E-state index contributed by atoms with van der Waals surface area (Å²) in [4.78, 5) is 7.63. The molecule has 0 amide bonds. The maximum Gasteiger partial charge on any atom is 0.102 e. The van der Waals surface area contributed by atoms with Gasteiger partial charge in [-0.25, -0.2) is 4.52 Å². The predicted octanol–water partition coefficient (Wildman–Crippen LogP) is 7.14. The van der Waals surface area contributed by atoms with Gasteiger partial charge < -0.3 is 4.90 Å². The molecule has 0 bridgehead atoms. The fraction of sp³-hybridized carbons (Fsp3) is 0.267. The highest BCUT2D eigenvalue weighted by atomic mass is 15.3. The van der Waals surface area contributed by atoms with Crippen LogP contribution in [0, 0.1) is 41.5 Å². The van der Waals surface area contributed by atoms with E-state index in [1.807, 2.05) is 6.20 Å². The molecule has 2 aliphatic rings. The number of anilines is 1. The first-order valence-electron chi connectivity index (χ1n) is 12.1. The molecule has 5 aromatic rings. The van der Waals surface area contributed by atoms with Gasteiger partial charge in [-0.05, 0) is 98.0 Å². The topological polar surface area (TPSA) is 32.9 Å². The van der Waals surface area contributed by atoms with Crippen LogP contribution in [0.5, 0.6) is 0 Å². The van der Waals surface area contributed by atoms with Crippen molar-refractivity contribution in [1.29, 1.82) is 0 Å². The number of nitrogens with zero attached hydrogens (tertiary/aromatic N) is 4. The van der Waals surface area contributed by atoms with Crippen molar-refractivity contribution in [2.45, 2.75) is 53.6 Å². The Morgan fingerprint density at radius 3 is 2.24 bits per heavy atom. The normalized spacial score (nSPS) is 18.7. The molecule has 0 saturated heterocycles. The van der Waals surface area contributed by atoms with Crippen molar-refractivity contribution < 1.29 is 0 Å². The van der Waals surface area contributed by atoms with Crippen LogP contribution in [-0.4, -0.2) is 16.0 Å². The number of rotatable bonds is 1. The van der Waals surface area contributed by atoms with Gasteiger partial charge in [-0.1, -0.05) is 29.8 Å². The van der Waals surface area contributed by atoms with Crippen LogP contribution in [0.15, 0.2) is 47.6 Å². The molecule has 0 saturated carbocycles. The molecular weight excluding hydrogens is 416 g/mol. The molecule has 0 spiro atoms. The van der Waals surface area contributed by atoms with E-state index in [1.165, 1.54) is 77.4 Å². The van der Waals surface area contributed by atoms with Crippen LogP contribution in [-0.2, 0) is 0 Å². The third kappa shape index (κ3) is 2.28. The van der Waals surface area contributed by atoms with Gasteiger partial charge in [0.25, 0.3) is 0 Å². The molecule has 3 aromatic carbocycles. The molecule has 2 aromatic heterocycles. The average Bonchev–Trinajstić information content (AvgIpc) is 3.43. The number of benzene rings is 3. The van der Waals surface area contributed by atoms with E-state index in [0.29, 0.717) is 0 Å². The van der Waals surface area contributed by atoms with Crippen molar-refractivity contribution >= 4 is 39.2 Å². The molecular formula is C30H28N4. The minimum absolute atomic E-state index is 0.0645. The van der Waals surface area contributed by atoms with Crippen molar-refractivity contribution in [3.63, 3.8) is 0 Å². The van der Waals surface area contributed by atoms with Crippen LogP contribution in [0.3, 0.4) is 0 Å². The van der Waals surface area contributed by atoms with Gasteiger partial charge in [0.2, 0.25) is 0 Å². The van der Waals surface area contributed by atoms with E-state index in [9.17, 15) is 0 Å². The third-order valence-corrected chi connectivity index (χ3v) is 8.15. The van der Waals surface area contributed by atoms with Gasteiger partial charge in [0.05, 0.1) is 29.6 Å². The number of aromatic nitrogens is 2. The zero-order valence-electron chi connectivity index (χ0n) is 20.6. The fourth-order valence-corrected chi connectivity index (χ4v) is 6.76. The molecule has 3 heterocycles. The zero-order chi connectivity index (χ0) is 23.5. The quantitative estimate of drug-likeness (QED) is 0.258. The summed E-state index contributed by atoms with van der Waals surface area (Å²) in [5.41, 5.74) is 14.2. The Morgan fingerprint density at radius 1 is 0.735 bits per heavy atom. The number of fused-ring (bicyclic) bond motifs is 6. The first-order valence-corrected chi connectivity index (χ1v) is 12.1. The molecule has 1 aliphatic heterocycles. The highest BCUT2D eigenvalue weighted by Gasteiger charge is 2.42. The second-order valence-electron chi connectivity index (χ2n) is 10.3. The molecule has 168 valence electrons. The number of hydrogen-bond donors (Lipinski definition) is 0. The monoisotopic (exact) mass is 444 g/mol. The Balaban J connectivity index is 1.66. The first kappa shape index (κ1) is 19.8. The molecule has 4 heteroatoms. The van der Waals surface area contributed by atoms with E-state index < -0.39 is 0 Å². The Morgan fingerprint density at radius 2 is 1.47 bits per heavy atom. The van der Waals surface area contributed by atoms with Crippen molar-refractivity contribution in [2.24, 2.45) is 4.99 Å². The number of aryl methyl sites for hydroxylation is 6. The SMILES string of the molecule is Cc1cc(C)c(N2C=NC3c4c(C)ccc5c4c4c(cc(C)c(C)c4c4ccnn45)C32)c(C)c1. The average molecular weight is 445 g/mol. The summed E-state index contributed by atoms with van der Waals surface area (Å²) in [5.74, 6) is 0. The summed E-state index contributed by atoms with van der Waals surface area (Å²) in [7, 11) is 0. The fourth-order valence-electron chi connectivity index (χ4n) is 6.76. The smallest absolute Gasteiger partial charge is 0.102 e. The largest absolute Gasteiger partial charge is 0.322 e. The van der Waals surface area contributed by atoms with Crippen molar-refractivity contribution in [3.05, 3.63) is 87.1 Å². The summed E-state index contributed by atoms with van der Waals surface area (Å²) >= 11 is 0. The second kappa shape index (κ2) is 6.47. The van der Waals surface area contributed by atoms with Crippen molar-refractivity contribution in [2.75, 3.05) is 4.90 Å². The summed E-state index contributed by atoms with van der Waals surface area (Å²) in [6.45, 7) is 13.4. The van der Waals surface area contributed by atoms with E-state index in [2.05, 4.69) is 93.7 Å². The van der Waals surface area contributed by atoms with Gasteiger partial charge in [-0.3, -0.25) is 4.99 Å². The molecule has 7 rings (SSSR count). The van der Waals surface area contributed by atoms with Crippen LogP contribution < -0.4 is 4.90 Å². The molecule has 34 heavy (non-hydrogen) atoms. The van der Waals surface area contributed by atoms with Gasteiger partial charge in [-0.2, -0.15) is 5.10 Å². The zero-order valence-corrected chi connectivity index (χ0v) is 20.6. The van der Waals surface area contributed by atoms with E-state index >= 15 is 0 Å². The summed E-state index contributed by atoms with van der Waals surface area (Å²) < 4.78 is 2.13. The van der Waals surface area contributed by atoms with E-state index in [0.717, 1.165) is 0 Å². The third-order valence-electron chi connectivity index (χ3n) is 8.15. The van der Waals surface area contributed by atoms with Crippen LogP contribution >= 0.6 is 0 Å². The molecule has 2 atom stereocenters. The highest BCUT2D eigenvalue weighted by molar-refractivity contribution is 6.18. The Hall–Kier alpha value is -3.66. The van der Waals surface area contributed by atoms with Gasteiger partial charge in [-0.15, -0.1) is 0 Å². The van der Waals surface area contributed by atoms with Crippen LogP contribution in [0.1, 0.15) is 56.6 Å². The minimum Gasteiger partial charge on any atom is -0.322 e. The Bertz CT molecular complexity index is 1710. The number of pyridine rings is 1. The standard InChI is InChI=1S/C30H28N4/c1-15-11-18(4)29(19(5)12-15)33-14-31-28-24-16(2)7-8-22-27(24)26-21(30(28)33)13-17(3)20(6)25(26)23-9-10-32-34(22)23/h7-14,28,30H,1-6H3. The summed E-state index contributed by atoms with van der Waals surface area (Å²) in [6.07, 6.45) is 4.02. The summed E-state index contributed by atoms with van der Waals surface area (Å²) in [5, 5.41) is 8.77. The molecule has 0 N–H and O–H groups in total. The minimum atomic E-state index is 0.0645. The van der Waals surface area contributed by atoms with Crippen molar-refractivity contribution in [3.8, 4) is 0 Å². The van der Waals surface area contributed by atoms with Crippen LogP contribution in [0.4, 0.5) is 5.69 Å². The number of aliphatic imine (C=N–C) groups is 1. The highest BCUT2D eigenvalue weighted by Crippen LogP contribution is 2.54.